The molecule has 150 valence electrons. The molecule has 0 atom stereocenters. The van der Waals surface area contributed by atoms with Crippen LogP contribution in [0.3, 0.4) is 0 Å². The summed E-state index contributed by atoms with van der Waals surface area (Å²) >= 11 is 0. The van der Waals surface area contributed by atoms with Crippen molar-refractivity contribution < 1.29 is 18.7 Å². The van der Waals surface area contributed by atoms with Gasteiger partial charge in [0.2, 0.25) is 0 Å². The van der Waals surface area contributed by atoms with Crippen LogP contribution in [0.15, 0.2) is 82.2 Å². The van der Waals surface area contributed by atoms with Crippen molar-refractivity contribution in [3.8, 4) is 5.75 Å². The Hall–Kier alpha value is -3.86. The molecule has 0 aliphatic carbocycles. The molecule has 0 N–H and O–H groups in total. The molecule has 0 fully saturated rings. The molecule has 30 heavy (non-hydrogen) atoms. The summed E-state index contributed by atoms with van der Waals surface area (Å²) in [7, 11) is 3.01. The average Bonchev–Trinajstić information content (AvgIpc) is 3.13. The van der Waals surface area contributed by atoms with Crippen LogP contribution in [0, 0.1) is 6.92 Å². The first kappa shape index (κ1) is 19.5. The monoisotopic (exact) mass is 399 g/mol. The number of carbonyl (C=O) groups is 1. The summed E-state index contributed by atoms with van der Waals surface area (Å²) in [5.74, 6) is 1.09. The van der Waals surface area contributed by atoms with E-state index in [-0.39, 0.29) is 5.97 Å². The Labute approximate surface area is 174 Å². The zero-order valence-corrected chi connectivity index (χ0v) is 17.0. The molecule has 1 heterocycles. The second-order valence-corrected chi connectivity index (χ2v) is 6.78. The first-order valence-corrected chi connectivity index (χ1v) is 9.50. The molecule has 0 amide bonds. The van der Waals surface area contributed by atoms with E-state index in [2.05, 4.69) is 0 Å². The van der Waals surface area contributed by atoms with E-state index < -0.39 is 0 Å². The molecule has 0 aliphatic heterocycles. The van der Waals surface area contributed by atoms with Crippen molar-refractivity contribution in [1.29, 1.82) is 0 Å². The van der Waals surface area contributed by atoms with E-state index in [4.69, 9.17) is 18.9 Å². The molecule has 3 aromatic carbocycles. The minimum absolute atomic E-state index is 0.379. The molecule has 0 saturated carbocycles. The fraction of sp³-hybridized carbons (Fsp3) is 0.120. The number of ether oxygens (including phenoxy) is 2. The molecule has 1 aromatic heterocycles. The van der Waals surface area contributed by atoms with E-state index in [0.29, 0.717) is 22.7 Å². The van der Waals surface area contributed by atoms with Crippen LogP contribution in [-0.2, 0) is 4.74 Å². The lowest BCUT2D eigenvalue weighted by Crippen LogP contribution is -2.03. The SMILES string of the molecule is COC(=O)c1ccc(N=C(c2ccccc2)c2oc3ccc(OC)cc3c2C)cc1. The van der Waals surface area contributed by atoms with E-state index in [1.165, 1.54) is 7.11 Å². The lowest BCUT2D eigenvalue weighted by Gasteiger charge is -2.06. The Morgan fingerprint density at radius 2 is 1.63 bits per heavy atom. The Kier molecular flexibility index (Phi) is 5.35. The Bertz CT molecular complexity index is 1220. The number of furan rings is 1. The maximum absolute atomic E-state index is 11.7. The lowest BCUT2D eigenvalue weighted by molar-refractivity contribution is 0.0601. The largest absolute Gasteiger partial charge is 0.497 e. The number of benzene rings is 3. The summed E-state index contributed by atoms with van der Waals surface area (Å²) in [6.45, 7) is 2.01. The van der Waals surface area contributed by atoms with Gasteiger partial charge >= 0.3 is 5.97 Å². The van der Waals surface area contributed by atoms with E-state index in [9.17, 15) is 4.79 Å². The normalized spacial score (nSPS) is 11.5. The maximum atomic E-state index is 11.7. The zero-order valence-electron chi connectivity index (χ0n) is 17.0. The quantitative estimate of drug-likeness (QED) is 0.319. The standard InChI is InChI=1S/C25H21NO4/c1-16-21-15-20(28-2)13-14-22(21)30-24(16)23(17-7-5-4-6-8-17)26-19-11-9-18(10-12-19)25(27)29-3/h4-15H,1-3H3. The summed E-state index contributed by atoms with van der Waals surface area (Å²) in [4.78, 5) is 16.6. The molecular formula is C25H21NO4. The molecule has 4 rings (SSSR count). The van der Waals surface area contributed by atoms with Crippen LogP contribution < -0.4 is 4.74 Å². The van der Waals surface area contributed by atoms with E-state index in [0.717, 1.165) is 27.8 Å². The van der Waals surface area contributed by atoms with Gasteiger partial charge in [0.05, 0.1) is 25.5 Å². The molecule has 0 spiro atoms. The molecule has 0 aliphatic rings. The van der Waals surface area contributed by atoms with Crippen molar-refractivity contribution >= 4 is 28.3 Å². The van der Waals surface area contributed by atoms with Gasteiger partial charge in [-0.1, -0.05) is 30.3 Å². The van der Waals surface area contributed by atoms with Crippen molar-refractivity contribution in [1.82, 2.24) is 0 Å². The van der Waals surface area contributed by atoms with Crippen LogP contribution in [0.2, 0.25) is 0 Å². The fourth-order valence-corrected chi connectivity index (χ4v) is 3.31. The smallest absolute Gasteiger partial charge is 0.337 e. The molecule has 0 unspecified atom stereocenters. The number of methoxy groups -OCH3 is 2. The second kappa shape index (κ2) is 8.25. The van der Waals surface area contributed by atoms with E-state index >= 15 is 0 Å². The minimum Gasteiger partial charge on any atom is -0.497 e. The molecule has 0 saturated heterocycles. The van der Waals surface area contributed by atoms with Crippen LogP contribution in [0.1, 0.15) is 27.2 Å². The highest BCUT2D eigenvalue weighted by molar-refractivity contribution is 6.15. The third kappa shape index (κ3) is 3.70. The van der Waals surface area contributed by atoms with Crippen molar-refractivity contribution in [2.24, 2.45) is 4.99 Å². The number of aliphatic imine (C=N–C) groups is 1. The van der Waals surface area contributed by atoms with Gasteiger partial charge in [0.15, 0.2) is 5.76 Å². The van der Waals surface area contributed by atoms with Crippen LogP contribution in [0.25, 0.3) is 11.0 Å². The van der Waals surface area contributed by atoms with E-state index in [1.807, 2.05) is 55.5 Å². The van der Waals surface area contributed by atoms with Gasteiger partial charge in [-0.2, -0.15) is 0 Å². The van der Waals surface area contributed by atoms with Gasteiger partial charge < -0.3 is 13.9 Å². The van der Waals surface area contributed by atoms with Crippen LogP contribution in [-0.4, -0.2) is 25.9 Å². The summed E-state index contributed by atoms with van der Waals surface area (Å²) in [5.41, 5.74) is 4.59. The van der Waals surface area contributed by atoms with Gasteiger partial charge in [-0.3, -0.25) is 0 Å². The first-order chi connectivity index (χ1) is 14.6. The van der Waals surface area contributed by atoms with E-state index in [1.54, 1.807) is 31.4 Å². The van der Waals surface area contributed by atoms with Crippen LogP contribution >= 0.6 is 0 Å². The van der Waals surface area contributed by atoms with Crippen LogP contribution in [0.4, 0.5) is 5.69 Å². The van der Waals surface area contributed by atoms with Gasteiger partial charge in [-0.15, -0.1) is 0 Å². The number of rotatable bonds is 5. The third-order valence-corrected chi connectivity index (χ3v) is 4.93. The van der Waals surface area contributed by atoms with Crippen molar-refractivity contribution in [3.05, 3.63) is 95.2 Å². The highest BCUT2D eigenvalue weighted by Gasteiger charge is 2.18. The number of carbonyl (C=O) groups excluding carboxylic acids is 1. The lowest BCUT2D eigenvalue weighted by atomic mass is 10.0. The summed E-state index contributed by atoms with van der Waals surface area (Å²) in [5, 5.41) is 0.981. The van der Waals surface area contributed by atoms with Gasteiger partial charge in [0.25, 0.3) is 0 Å². The Morgan fingerprint density at radius 1 is 0.900 bits per heavy atom. The first-order valence-electron chi connectivity index (χ1n) is 9.50. The molecule has 4 aromatic rings. The average molecular weight is 399 g/mol. The fourth-order valence-electron chi connectivity index (χ4n) is 3.31. The Balaban J connectivity index is 1.86. The predicted octanol–water partition coefficient (Wildman–Crippen LogP) is 5.71. The van der Waals surface area contributed by atoms with Gasteiger partial charge in [-0.25, -0.2) is 9.79 Å². The number of hydrogen-bond acceptors (Lipinski definition) is 5. The number of esters is 1. The van der Waals surface area contributed by atoms with Gasteiger partial charge in [0, 0.05) is 16.5 Å². The molecule has 5 heteroatoms. The summed E-state index contributed by atoms with van der Waals surface area (Å²) in [6, 6.07) is 22.6. The highest BCUT2D eigenvalue weighted by atomic mass is 16.5. The minimum atomic E-state index is -0.379. The van der Waals surface area contributed by atoms with Gasteiger partial charge in [-0.05, 0) is 49.4 Å². The van der Waals surface area contributed by atoms with Gasteiger partial charge in [0.1, 0.15) is 17.0 Å². The molecule has 0 radical (unpaired) electrons. The predicted molar refractivity (Wildman–Crippen MR) is 117 cm³/mol. The maximum Gasteiger partial charge on any atom is 0.337 e. The zero-order chi connectivity index (χ0) is 21.1. The third-order valence-electron chi connectivity index (χ3n) is 4.93. The topological polar surface area (TPSA) is 61.0 Å². The number of fused-ring (bicyclic) bond motifs is 1. The van der Waals surface area contributed by atoms with Crippen molar-refractivity contribution in [2.75, 3.05) is 14.2 Å². The number of nitrogens with zero attached hydrogens (tertiary/aromatic N) is 1. The Morgan fingerprint density at radius 3 is 2.30 bits per heavy atom. The number of hydrogen-bond donors (Lipinski definition) is 0. The summed E-state index contributed by atoms with van der Waals surface area (Å²) in [6.07, 6.45) is 0. The van der Waals surface area contributed by atoms with Crippen LogP contribution in [0.5, 0.6) is 5.75 Å². The van der Waals surface area contributed by atoms with Crippen molar-refractivity contribution in [2.45, 2.75) is 6.92 Å². The van der Waals surface area contributed by atoms with Crippen molar-refractivity contribution in [3.63, 3.8) is 0 Å². The second-order valence-electron chi connectivity index (χ2n) is 6.78. The molecular weight excluding hydrogens is 378 g/mol. The molecule has 0 bridgehead atoms. The summed E-state index contributed by atoms with van der Waals surface area (Å²) < 4.78 is 16.3. The molecule has 5 nitrogen and oxygen atoms in total. The highest BCUT2D eigenvalue weighted by Crippen LogP contribution is 2.31. The number of aryl methyl sites for hydroxylation is 1.